The summed E-state index contributed by atoms with van der Waals surface area (Å²) in [5, 5.41) is 17.3. The lowest BCUT2D eigenvalue weighted by Gasteiger charge is -2.20. The molecule has 1 aliphatic heterocycles. The van der Waals surface area contributed by atoms with Gasteiger partial charge in [-0.15, -0.1) is 0 Å². The van der Waals surface area contributed by atoms with Crippen LogP contribution in [0.4, 0.5) is 0 Å². The Hall–Kier alpha value is -1.10. The molecule has 1 rings (SSSR count). The molecular formula is C12H18NO4. The predicted octanol–water partition coefficient (Wildman–Crippen LogP) is 1.01. The summed E-state index contributed by atoms with van der Waals surface area (Å²) in [5.74, 6) is -1.66. The van der Waals surface area contributed by atoms with Gasteiger partial charge in [0.25, 0.3) is 0 Å². The van der Waals surface area contributed by atoms with Gasteiger partial charge in [0, 0.05) is 6.54 Å². The quantitative estimate of drug-likeness (QED) is 0.619. The molecule has 0 spiro atoms. The van der Waals surface area contributed by atoms with Crippen molar-refractivity contribution in [2.24, 2.45) is 0 Å². The molecule has 95 valence electrons. The van der Waals surface area contributed by atoms with Gasteiger partial charge in [-0.1, -0.05) is 0 Å². The van der Waals surface area contributed by atoms with Gasteiger partial charge in [-0.25, -0.2) is 0 Å². The molecule has 0 saturated carbocycles. The maximum Gasteiger partial charge on any atom is 0.320 e. The summed E-state index contributed by atoms with van der Waals surface area (Å²) in [6.45, 7) is 1.48. The van der Waals surface area contributed by atoms with Crippen molar-refractivity contribution in [2.45, 2.75) is 31.7 Å². The van der Waals surface area contributed by atoms with E-state index in [1.807, 2.05) is 17.7 Å². The Bertz CT molecular complexity index is 267. The minimum Gasteiger partial charge on any atom is -0.481 e. The van der Waals surface area contributed by atoms with Crippen LogP contribution in [0.1, 0.15) is 25.7 Å². The van der Waals surface area contributed by atoms with Gasteiger partial charge in [0.15, 0.2) is 0 Å². The molecule has 5 heteroatoms. The lowest BCUT2D eigenvalue weighted by Crippen LogP contribution is -2.36. The molecule has 0 aromatic rings. The molecule has 1 fully saturated rings. The minimum atomic E-state index is -0.910. The molecule has 0 aromatic heterocycles. The standard InChI is InChI=1S/C12H18NO4/c14-11(15)7-3-1-2-4-8-13-9-5-6-10(13)12(16)17/h1,4,7,10H,2-3,5-6,8-9H2,(H,14,15)(H,16,17). The maximum atomic E-state index is 10.9. The van der Waals surface area contributed by atoms with Crippen molar-refractivity contribution in [1.82, 2.24) is 4.90 Å². The third-order valence-electron chi connectivity index (χ3n) is 2.80. The SMILES string of the molecule is O=C(O)[CH]C[CH]C[CH]CN1CCCC1C(=O)O. The van der Waals surface area contributed by atoms with Crippen molar-refractivity contribution >= 4 is 11.9 Å². The molecule has 1 atom stereocenters. The summed E-state index contributed by atoms with van der Waals surface area (Å²) < 4.78 is 0. The van der Waals surface area contributed by atoms with Crippen molar-refractivity contribution in [1.29, 1.82) is 0 Å². The minimum absolute atomic E-state index is 0.350. The summed E-state index contributed by atoms with van der Waals surface area (Å²) in [4.78, 5) is 23.0. The van der Waals surface area contributed by atoms with Crippen molar-refractivity contribution in [3.05, 3.63) is 19.3 Å². The highest BCUT2D eigenvalue weighted by molar-refractivity contribution is 5.76. The van der Waals surface area contributed by atoms with Crippen LogP contribution in [0.2, 0.25) is 0 Å². The van der Waals surface area contributed by atoms with Crippen molar-refractivity contribution in [3.63, 3.8) is 0 Å². The molecule has 0 aromatic carbocycles. The molecule has 3 radical (unpaired) electrons. The lowest BCUT2D eigenvalue weighted by atomic mass is 10.1. The van der Waals surface area contributed by atoms with Crippen LogP contribution in [0, 0.1) is 19.3 Å². The number of hydrogen-bond donors (Lipinski definition) is 2. The van der Waals surface area contributed by atoms with Crippen molar-refractivity contribution in [2.75, 3.05) is 13.1 Å². The highest BCUT2D eigenvalue weighted by Gasteiger charge is 2.29. The monoisotopic (exact) mass is 240 g/mol. The zero-order valence-electron chi connectivity index (χ0n) is 9.71. The van der Waals surface area contributed by atoms with E-state index in [0.717, 1.165) is 19.4 Å². The third-order valence-corrected chi connectivity index (χ3v) is 2.80. The number of carboxylic acids is 2. The summed E-state index contributed by atoms with van der Waals surface area (Å²) >= 11 is 0. The number of likely N-dealkylation sites (tertiary alicyclic amines) is 1. The zero-order chi connectivity index (χ0) is 12.7. The van der Waals surface area contributed by atoms with Crippen LogP contribution in [-0.4, -0.2) is 46.2 Å². The first-order chi connectivity index (χ1) is 8.11. The fourth-order valence-corrected chi connectivity index (χ4v) is 1.96. The number of nitrogens with zero attached hydrogens (tertiary/aromatic N) is 1. The van der Waals surface area contributed by atoms with Crippen molar-refractivity contribution < 1.29 is 19.8 Å². The van der Waals surface area contributed by atoms with E-state index in [1.165, 1.54) is 6.42 Å². The molecule has 1 aliphatic rings. The van der Waals surface area contributed by atoms with Crippen LogP contribution < -0.4 is 0 Å². The molecule has 1 unspecified atom stereocenters. The topological polar surface area (TPSA) is 77.8 Å². The molecular weight excluding hydrogens is 222 g/mol. The number of rotatable bonds is 8. The predicted molar refractivity (Wildman–Crippen MR) is 62.0 cm³/mol. The molecule has 1 heterocycles. The number of carboxylic acid groups (broad SMARTS) is 2. The second kappa shape index (κ2) is 7.27. The largest absolute Gasteiger partial charge is 0.481 e. The molecule has 1 saturated heterocycles. The van der Waals surface area contributed by atoms with Crippen LogP contribution in [0.25, 0.3) is 0 Å². The van der Waals surface area contributed by atoms with E-state index in [2.05, 4.69) is 0 Å². The summed E-state index contributed by atoms with van der Waals surface area (Å²) in [5.41, 5.74) is 0. The van der Waals surface area contributed by atoms with Crippen molar-refractivity contribution in [3.8, 4) is 0 Å². The fraction of sp³-hybridized carbons (Fsp3) is 0.583. The second-order valence-electron chi connectivity index (χ2n) is 4.08. The Morgan fingerprint density at radius 2 is 2.00 bits per heavy atom. The summed E-state index contributed by atoms with van der Waals surface area (Å²) in [7, 11) is 0. The first-order valence-electron chi connectivity index (χ1n) is 5.77. The number of carbonyl (C=O) groups is 2. The average Bonchev–Trinajstić information content (AvgIpc) is 2.71. The highest BCUT2D eigenvalue weighted by atomic mass is 16.4. The molecule has 0 amide bonds. The van der Waals surface area contributed by atoms with Gasteiger partial charge in [0.05, 0.1) is 6.42 Å². The van der Waals surface area contributed by atoms with Gasteiger partial charge < -0.3 is 10.2 Å². The van der Waals surface area contributed by atoms with E-state index >= 15 is 0 Å². The van der Waals surface area contributed by atoms with Gasteiger partial charge in [0.2, 0.25) is 0 Å². The van der Waals surface area contributed by atoms with Crippen LogP contribution in [-0.2, 0) is 9.59 Å². The van der Waals surface area contributed by atoms with Gasteiger partial charge in [-0.2, -0.15) is 0 Å². The molecule has 0 bridgehead atoms. The van der Waals surface area contributed by atoms with E-state index in [1.54, 1.807) is 0 Å². The number of aliphatic carboxylic acids is 2. The molecule has 17 heavy (non-hydrogen) atoms. The first kappa shape index (κ1) is 14.0. The maximum absolute atomic E-state index is 10.9. The Morgan fingerprint density at radius 3 is 2.65 bits per heavy atom. The van der Waals surface area contributed by atoms with Crippen LogP contribution in [0.5, 0.6) is 0 Å². The third kappa shape index (κ3) is 5.17. The highest BCUT2D eigenvalue weighted by Crippen LogP contribution is 2.17. The molecule has 0 aliphatic carbocycles. The smallest absolute Gasteiger partial charge is 0.320 e. The summed E-state index contributed by atoms with van der Waals surface area (Å²) in [6.07, 6.45) is 7.84. The summed E-state index contributed by atoms with van der Waals surface area (Å²) in [6, 6.07) is -0.350. The van der Waals surface area contributed by atoms with Gasteiger partial charge >= 0.3 is 11.9 Å². The van der Waals surface area contributed by atoms with E-state index in [0.29, 0.717) is 19.4 Å². The molecule has 5 nitrogen and oxygen atoms in total. The van der Waals surface area contributed by atoms with Gasteiger partial charge in [-0.05, 0) is 45.1 Å². The Kier molecular flexibility index (Phi) is 5.97. The van der Waals surface area contributed by atoms with Crippen LogP contribution >= 0.6 is 0 Å². The van der Waals surface area contributed by atoms with E-state index in [-0.39, 0.29) is 6.04 Å². The Labute approximate surface area is 101 Å². The zero-order valence-corrected chi connectivity index (χ0v) is 9.71. The Morgan fingerprint density at radius 1 is 1.24 bits per heavy atom. The van der Waals surface area contributed by atoms with Gasteiger partial charge in [0.1, 0.15) is 6.04 Å². The molecule has 2 N–H and O–H groups in total. The average molecular weight is 240 g/mol. The number of unbranched alkanes of at least 4 members (excludes halogenated alkanes) is 3. The number of hydrogen-bond acceptors (Lipinski definition) is 3. The second-order valence-corrected chi connectivity index (χ2v) is 4.08. The normalized spacial score (nSPS) is 20.6. The fourth-order valence-electron chi connectivity index (χ4n) is 1.96. The van der Waals surface area contributed by atoms with E-state index in [4.69, 9.17) is 10.2 Å². The van der Waals surface area contributed by atoms with E-state index in [9.17, 15) is 9.59 Å². The lowest BCUT2D eigenvalue weighted by molar-refractivity contribution is -0.142. The van der Waals surface area contributed by atoms with Crippen LogP contribution in [0.15, 0.2) is 0 Å². The Balaban J connectivity index is 2.06. The van der Waals surface area contributed by atoms with E-state index < -0.39 is 11.9 Å². The van der Waals surface area contributed by atoms with Crippen LogP contribution in [0.3, 0.4) is 0 Å². The first-order valence-corrected chi connectivity index (χ1v) is 5.77. The van der Waals surface area contributed by atoms with Gasteiger partial charge in [-0.3, -0.25) is 14.5 Å².